The molecule has 3 rings (SSSR count). The SMILES string of the molecule is O=C(CNC(=O)c1cc(F)cc(F)c1)NCCN1C(=O)SC(=Cc2ccccc2F)C1=O. The molecule has 0 aliphatic carbocycles. The minimum absolute atomic E-state index is 0.0565. The predicted octanol–water partition coefficient (Wildman–Crippen LogP) is 2.69. The van der Waals surface area contributed by atoms with Crippen LogP contribution in [-0.2, 0) is 9.59 Å². The summed E-state index contributed by atoms with van der Waals surface area (Å²) in [6, 6.07) is 8.05. The molecule has 0 aromatic heterocycles. The first-order valence-electron chi connectivity index (χ1n) is 9.25. The second kappa shape index (κ2) is 10.1. The van der Waals surface area contributed by atoms with E-state index in [0.717, 1.165) is 17.0 Å². The van der Waals surface area contributed by atoms with Gasteiger partial charge in [-0.25, -0.2) is 13.2 Å². The van der Waals surface area contributed by atoms with E-state index < -0.39 is 47.0 Å². The normalized spacial score (nSPS) is 14.7. The van der Waals surface area contributed by atoms with Crippen LogP contribution < -0.4 is 10.6 Å². The number of carbonyl (C=O) groups excluding carboxylic acids is 4. The van der Waals surface area contributed by atoms with E-state index in [1.165, 1.54) is 24.3 Å². The second-order valence-electron chi connectivity index (χ2n) is 6.55. The summed E-state index contributed by atoms with van der Waals surface area (Å²) in [4.78, 5) is 49.2. The molecule has 2 aromatic rings. The molecule has 0 atom stereocenters. The monoisotopic (exact) mass is 463 g/mol. The Morgan fingerprint density at radius 1 is 1.00 bits per heavy atom. The molecule has 1 aliphatic heterocycles. The highest BCUT2D eigenvalue weighted by atomic mass is 32.2. The molecule has 1 heterocycles. The molecular formula is C21H16F3N3O4S. The van der Waals surface area contributed by atoms with E-state index in [1.807, 2.05) is 0 Å². The molecule has 0 saturated carbocycles. The van der Waals surface area contributed by atoms with Crippen molar-refractivity contribution < 1.29 is 32.3 Å². The predicted molar refractivity (Wildman–Crippen MR) is 111 cm³/mol. The number of rotatable bonds is 7. The number of nitrogens with zero attached hydrogens (tertiary/aromatic N) is 1. The van der Waals surface area contributed by atoms with Gasteiger partial charge in [-0.3, -0.25) is 24.1 Å². The maximum Gasteiger partial charge on any atom is 0.293 e. The molecule has 1 fully saturated rings. The zero-order valence-electron chi connectivity index (χ0n) is 16.4. The van der Waals surface area contributed by atoms with Gasteiger partial charge >= 0.3 is 0 Å². The smallest absolute Gasteiger partial charge is 0.293 e. The highest BCUT2D eigenvalue weighted by Crippen LogP contribution is 2.32. The summed E-state index contributed by atoms with van der Waals surface area (Å²) >= 11 is 0.659. The fourth-order valence-electron chi connectivity index (χ4n) is 2.74. The Labute approximate surface area is 184 Å². The van der Waals surface area contributed by atoms with Crippen molar-refractivity contribution in [1.82, 2.24) is 15.5 Å². The van der Waals surface area contributed by atoms with Gasteiger partial charge in [-0.15, -0.1) is 0 Å². The van der Waals surface area contributed by atoms with E-state index in [1.54, 1.807) is 6.07 Å². The van der Waals surface area contributed by atoms with Gasteiger partial charge in [0.2, 0.25) is 5.91 Å². The molecular weight excluding hydrogens is 447 g/mol. The van der Waals surface area contributed by atoms with E-state index in [9.17, 15) is 32.3 Å². The summed E-state index contributed by atoms with van der Waals surface area (Å²) in [5.41, 5.74) is -0.116. The van der Waals surface area contributed by atoms with Gasteiger partial charge in [0.1, 0.15) is 17.5 Å². The number of nitrogens with one attached hydrogen (secondary N) is 2. The zero-order valence-corrected chi connectivity index (χ0v) is 17.2. The average Bonchev–Trinajstić information content (AvgIpc) is 3.00. The van der Waals surface area contributed by atoms with Gasteiger partial charge in [0.15, 0.2) is 0 Å². The maximum atomic E-state index is 13.8. The van der Waals surface area contributed by atoms with Crippen LogP contribution in [0.15, 0.2) is 47.4 Å². The summed E-state index contributed by atoms with van der Waals surface area (Å²) < 4.78 is 40.1. The molecule has 1 saturated heterocycles. The topological polar surface area (TPSA) is 95.6 Å². The Morgan fingerprint density at radius 2 is 1.69 bits per heavy atom. The lowest BCUT2D eigenvalue weighted by Gasteiger charge is -2.13. The molecule has 2 N–H and O–H groups in total. The Kier molecular flexibility index (Phi) is 7.31. The van der Waals surface area contributed by atoms with Gasteiger partial charge in [0.05, 0.1) is 11.4 Å². The van der Waals surface area contributed by atoms with E-state index >= 15 is 0 Å². The summed E-state index contributed by atoms with van der Waals surface area (Å²) in [6.45, 7) is -0.700. The fraction of sp³-hybridized carbons (Fsp3) is 0.143. The quantitative estimate of drug-likeness (QED) is 0.616. The minimum Gasteiger partial charge on any atom is -0.353 e. The van der Waals surface area contributed by atoms with Crippen molar-refractivity contribution >= 4 is 40.8 Å². The van der Waals surface area contributed by atoms with Gasteiger partial charge in [-0.1, -0.05) is 18.2 Å². The molecule has 166 valence electrons. The first-order valence-corrected chi connectivity index (χ1v) is 10.1. The average molecular weight is 463 g/mol. The van der Waals surface area contributed by atoms with E-state index in [2.05, 4.69) is 10.6 Å². The van der Waals surface area contributed by atoms with Crippen LogP contribution in [0.25, 0.3) is 6.08 Å². The summed E-state index contributed by atoms with van der Waals surface area (Å²) in [5, 5.41) is 4.06. The maximum absolute atomic E-state index is 13.8. The standard InChI is InChI=1S/C21H16F3N3O4S/c22-14-7-13(8-15(23)10-14)19(29)26-11-18(28)25-5-6-27-20(30)17(32-21(27)31)9-12-3-1-2-4-16(12)24/h1-4,7-10H,5-6,11H2,(H,25,28)(H,26,29). The number of hydrogen-bond donors (Lipinski definition) is 2. The number of hydrogen-bond acceptors (Lipinski definition) is 5. The molecule has 0 radical (unpaired) electrons. The van der Waals surface area contributed by atoms with Gasteiger partial charge in [0, 0.05) is 30.3 Å². The Hall–Kier alpha value is -3.60. The molecule has 0 unspecified atom stereocenters. The summed E-state index contributed by atoms with van der Waals surface area (Å²) in [6.07, 6.45) is 1.28. The first kappa shape index (κ1) is 23.1. The largest absolute Gasteiger partial charge is 0.353 e. The highest BCUT2D eigenvalue weighted by Gasteiger charge is 2.34. The zero-order chi connectivity index (χ0) is 23.3. The third-order valence-electron chi connectivity index (χ3n) is 4.26. The van der Waals surface area contributed by atoms with Gasteiger partial charge in [-0.05, 0) is 36.0 Å². The van der Waals surface area contributed by atoms with Crippen LogP contribution in [0.2, 0.25) is 0 Å². The Balaban J connectivity index is 1.48. The molecule has 7 nitrogen and oxygen atoms in total. The van der Waals surface area contributed by atoms with Crippen LogP contribution in [0.1, 0.15) is 15.9 Å². The lowest BCUT2D eigenvalue weighted by molar-refractivity contribution is -0.124. The van der Waals surface area contributed by atoms with Crippen LogP contribution in [0.4, 0.5) is 18.0 Å². The van der Waals surface area contributed by atoms with Gasteiger partial charge < -0.3 is 10.6 Å². The number of thioether (sulfide) groups is 1. The molecule has 2 aromatic carbocycles. The number of amides is 4. The lowest BCUT2D eigenvalue weighted by Crippen LogP contribution is -2.41. The van der Waals surface area contributed by atoms with Crippen molar-refractivity contribution in [3.8, 4) is 0 Å². The fourth-order valence-corrected chi connectivity index (χ4v) is 3.60. The molecule has 32 heavy (non-hydrogen) atoms. The van der Waals surface area contributed by atoms with Crippen molar-refractivity contribution in [1.29, 1.82) is 0 Å². The molecule has 0 bridgehead atoms. The lowest BCUT2D eigenvalue weighted by atomic mass is 10.2. The highest BCUT2D eigenvalue weighted by molar-refractivity contribution is 8.18. The van der Waals surface area contributed by atoms with Crippen LogP contribution in [0, 0.1) is 17.5 Å². The third-order valence-corrected chi connectivity index (χ3v) is 5.16. The molecule has 11 heteroatoms. The van der Waals surface area contributed by atoms with Crippen molar-refractivity contribution in [2.75, 3.05) is 19.6 Å². The van der Waals surface area contributed by atoms with Crippen molar-refractivity contribution in [3.63, 3.8) is 0 Å². The second-order valence-corrected chi connectivity index (χ2v) is 7.54. The van der Waals surface area contributed by atoms with E-state index in [-0.39, 0.29) is 29.1 Å². The summed E-state index contributed by atoms with van der Waals surface area (Å²) in [7, 11) is 0. The molecule has 4 amide bonds. The Bertz CT molecular complexity index is 1100. The number of carbonyl (C=O) groups is 4. The van der Waals surface area contributed by atoms with Crippen LogP contribution in [0.3, 0.4) is 0 Å². The van der Waals surface area contributed by atoms with Gasteiger partial charge in [0.25, 0.3) is 17.1 Å². The van der Waals surface area contributed by atoms with E-state index in [0.29, 0.717) is 17.8 Å². The van der Waals surface area contributed by atoms with Crippen LogP contribution in [0.5, 0.6) is 0 Å². The third kappa shape index (κ3) is 5.76. The Morgan fingerprint density at radius 3 is 2.38 bits per heavy atom. The first-order chi connectivity index (χ1) is 15.2. The summed E-state index contributed by atoms with van der Waals surface area (Å²) in [5.74, 6) is -4.48. The van der Waals surface area contributed by atoms with Crippen LogP contribution >= 0.6 is 11.8 Å². The minimum atomic E-state index is -0.930. The van der Waals surface area contributed by atoms with Crippen molar-refractivity contribution in [2.24, 2.45) is 0 Å². The number of halogens is 3. The van der Waals surface area contributed by atoms with E-state index in [4.69, 9.17) is 0 Å². The van der Waals surface area contributed by atoms with Crippen molar-refractivity contribution in [2.45, 2.75) is 0 Å². The van der Waals surface area contributed by atoms with Gasteiger partial charge in [-0.2, -0.15) is 0 Å². The number of benzene rings is 2. The molecule has 1 aliphatic rings. The van der Waals surface area contributed by atoms with Crippen molar-refractivity contribution in [3.05, 3.63) is 75.9 Å². The van der Waals surface area contributed by atoms with Crippen LogP contribution in [-0.4, -0.2) is 47.5 Å². The molecule has 0 spiro atoms. The number of imide groups is 1.